The quantitative estimate of drug-likeness (QED) is 0.244. The summed E-state index contributed by atoms with van der Waals surface area (Å²) < 4.78 is 12.0. The van der Waals surface area contributed by atoms with E-state index >= 15 is 0 Å². The van der Waals surface area contributed by atoms with Crippen molar-refractivity contribution in [3.8, 4) is 11.5 Å². The van der Waals surface area contributed by atoms with Crippen molar-refractivity contribution in [1.29, 1.82) is 0 Å². The highest BCUT2D eigenvalue weighted by Gasteiger charge is 2.16. The third-order valence-electron chi connectivity index (χ3n) is 6.40. The lowest BCUT2D eigenvalue weighted by Gasteiger charge is -2.17. The Labute approximate surface area is 189 Å². The number of allylic oxidation sites excluding steroid dienone is 6. The number of alkyl halides is 1. The van der Waals surface area contributed by atoms with Gasteiger partial charge in [0.2, 0.25) is 0 Å². The van der Waals surface area contributed by atoms with Gasteiger partial charge >= 0.3 is 0 Å². The normalized spacial score (nSPS) is 13.9. The number of benzene rings is 1. The van der Waals surface area contributed by atoms with Gasteiger partial charge in [0.1, 0.15) is 18.2 Å². The Bertz CT molecular complexity index is 758. The van der Waals surface area contributed by atoms with Crippen LogP contribution in [0.2, 0.25) is 0 Å². The Hall–Kier alpha value is -2.03. The van der Waals surface area contributed by atoms with Crippen LogP contribution < -0.4 is 0 Å². The first-order chi connectivity index (χ1) is 14.7. The summed E-state index contributed by atoms with van der Waals surface area (Å²) in [6.07, 6.45) is 16.2. The van der Waals surface area contributed by atoms with Crippen LogP contribution in [0, 0.1) is 26.7 Å². The molecule has 0 unspecified atom stereocenters. The zero-order valence-electron chi connectivity index (χ0n) is 20.5. The second kappa shape index (κ2) is 14.1. The van der Waals surface area contributed by atoms with E-state index in [4.69, 9.17) is 0 Å². The summed E-state index contributed by atoms with van der Waals surface area (Å²) in [4.78, 5) is 0. The van der Waals surface area contributed by atoms with E-state index < -0.39 is 0 Å². The smallest absolute Gasteiger partial charge is 0.122 e. The molecule has 0 saturated carbocycles. The van der Waals surface area contributed by atoms with Crippen molar-refractivity contribution in [2.75, 3.05) is 6.67 Å². The fraction of sp³-hybridized carbons (Fsp3) is 0.571. The first-order valence-electron chi connectivity index (χ1n) is 11.7. The minimum Gasteiger partial charge on any atom is -0.507 e. The molecule has 2 N–H and O–H groups in total. The van der Waals surface area contributed by atoms with Crippen LogP contribution in [0.4, 0.5) is 4.39 Å². The second-order valence-electron chi connectivity index (χ2n) is 9.08. The largest absolute Gasteiger partial charge is 0.507 e. The fourth-order valence-corrected chi connectivity index (χ4v) is 3.88. The predicted octanol–water partition coefficient (Wildman–Crippen LogP) is 8.35. The van der Waals surface area contributed by atoms with Gasteiger partial charge in [0.25, 0.3) is 0 Å². The Morgan fingerprint density at radius 2 is 1.39 bits per heavy atom. The monoisotopic (exact) mass is 430 g/mol. The van der Waals surface area contributed by atoms with Crippen LogP contribution in [-0.4, -0.2) is 16.9 Å². The first kappa shape index (κ1) is 27.0. The van der Waals surface area contributed by atoms with Crippen LogP contribution in [0.3, 0.4) is 0 Å². The Kier molecular flexibility index (Phi) is 12.3. The van der Waals surface area contributed by atoms with Crippen LogP contribution in [0.5, 0.6) is 11.5 Å². The molecule has 1 aromatic carbocycles. The number of phenolic OH excluding ortho intramolecular Hbond substituents is 2. The van der Waals surface area contributed by atoms with Crippen molar-refractivity contribution in [2.45, 2.75) is 92.9 Å². The maximum Gasteiger partial charge on any atom is 0.122 e. The zero-order valence-corrected chi connectivity index (χ0v) is 20.5. The lowest BCUT2D eigenvalue weighted by molar-refractivity contribution is 0.435. The maximum atomic E-state index is 12.0. The van der Waals surface area contributed by atoms with Crippen LogP contribution in [0.15, 0.2) is 35.5 Å². The summed E-state index contributed by atoms with van der Waals surface area (Å²) in [5.74, 6) is 1.22. The zero-order chi connectivity index (χ0) is 23.4. The lowest BCUT2D eigenvalue weighted by atomic mass is 9.91. The van der Waals surface area contributed by atoms with Gasteiger partial charge in [-0.1, -0.05) is 42.4 Å². The van der Waals surface area contributed by atoms with Crippen LogP contribution in [-0.2, 0) is 6.42 Å². The average Bonchev–Trinajstić information content (AvgIpc) is 2.74. The highest BCUT2D eigenvalue weighted by Crippen LogP contribution is 2.37. The molecule has 0 radical (unpaired) electrons. The number of phenols is 2. The van der Waals surface area contributed by atoms with E-state index in [1.54, 1.807) is 6.08 Å². The molecule has 0 saturated heterocycles. The third-order valence-corrected chi connectivity index (χ3v) is 6.40. The molecule has 174 valence electrons. The minimum atomic E-state index is -0.372. The van der Waals surface area contributed by atoms with Gasteiger partial charge in [-0.2, -0.15) is 0 Å². The summed E-state index contributed by atoms with van der Waals surface area (Å²) in [6.45, 7) is 11.9. The molecule has 0 aliphatic heterocycles. The Balaban J connectivity index is 2.41. The highest BCUT2D eigenvalue weighted by molar-refractivity contribution is 5.56. The summed E-state index contributed by atoms with van der Waals surface area (Å²) in [5, 5.41) is 20.8. The van der Waals surface area contributed by atoms with Crippen molar-refractivity contribution in [3.05, 3.63) is 57.7 Å². The summed E-state index contributed by atoms with van der Waals surface area (Å²) in [6, 6.07) is 0. The third kappa shape index (κ3) is 9.33. The van der Waals surface area contributed by atoms with E-state index in [0.29, 0.717) is 17.4 Å². The minimum absolute atomic E-state index is 0.317. The van der Waals surface area contributed by atoms with Crippen molar-refractivity contribution in [1.82, 2.24) is 0 Å². The van der Waals surface area contributed by atoms with E-state index in [0.717, 1.165) is 73.6 Å². The van der Waals surface area contributed by atoms with Crippen LogP contribution in [0.25, 0.3) is 0 Å². The SMILES string of the molecule is C/C(=C\CC/C(C)=C/CC[C@H](C)CCc1c(C)c(O)c(C)c(C)c1O)CC/C=C/CF. The van der Waals surface area contributed by atoms with Gasteiger partial charge in [-0.05, 0) is 109 Å². The molecule has 0 spiro atoms. The van der Waals surface area contributed by atoms with Crippen LogP contribution in [0.1, 0.15) is 88.0 Å². The number of hydrogen-bond acceptors (Lipinski definition) is 2. The van der Waals surface area contributed by atoms with Gasteiger partial charge < -0.3 is 10.2 Å². The topological polar surface area (TPSA) is 40.5 Å². The second-order valence-corrected chi connectivity index (χ2v) is 9.08. The maximum absolute atomic E-state index is 12.0. The molecule has 0 bridgehead atoms. The van der Waals surface area contributed by atoms with Crippen molar-refractivity contribution in [2.24, 2.45) is 5.92 Å². The van der Waals surface area contributed by atoms with E-state index in [1.807, 2.05) is 26.8 Å². The molecule has 1 atom stereocenters. The van der Waals surface area contributed by atoms with Crippen LogP contribution >= 0.6 is 0 Å². The molecule has 3 heteroatoms. The standard InChI is InChI=1S/C28H43FO2/c1-20(12-8-7-9-19-29)13-10-14-21(2)15-11-16-22(3)17-18-26-25(6)27(30)23(4)24(5)28(26)31/h7,9,13,15,22,30-31H,8,10-12,14,16-19H2,1-6H3/b9-7+,20-13+,21-15+/t22-/m0/s1. The number of halogens is 1. The van der Waals surface area contributed by atoms with Crippen molar-refractivity contribution >= 4 is 0 Å². The molecule has 31 heavy (non-hydrogen) atoms. The molecule has 0 fully saturated rings. The Morgan fingerprint density at radius 1 is 0.806 bits per heavy atom. The molecule has 0 amide bonds. The predicted molar refractivity (Wildman–Crippen MR) is 132 cm³/mol. The van der Waals surface area contributed by atoms with Gasteiger partial charge in [0.05, 0.1) is 0 Å². The molecule has 0 aliphatic carbocycles. The highest BCUT2D eigenvalue weighted by atomic mass is 19.1. The summed E-state index contributed by atoms with van der Waals surface area (Å²) in [5.41, 5.74) is 6.06. The van der Waals surface area contributed by atoms with E-state index in [-0.39, 0.29) is 6.67 Å². The summed E-state index contributed by atoms with van der Waals surface area (Å²) in [7, 11) is 0. The van der Waals surface area contributed by atoms with Gasteiger partial charge in [-0.3, -0.25) is 0 Å². The molecule has 0 heterocycles. The molecule has 1 rings (SSSR count). The molecule has 0 aromatic heterocycles. The van der Waals surface area contributed by atoms with Crippen molar-refractivity contribution in [3.63, 3.8) is 0 Å². The number of rotatable bonds is 13. The molecular weight excluding hydrogens is 387 g/mol. The molecule has 1 aromatic rings. The molecule has 0 aliphatic rings. The van der Waals surface area contributed by atoms with E-state index in [2.05, 4.69) is 32.9 Å². The van der Waals surface area contributed by atoms with Gasteiger partial charge in [-0.25, -0.2) is 4.39 Å². The molecule has 2 nitrogen and oxygen atoms in total. The van der Waals surface area contributed by atoms with Gasteiger partial charge in [0, 0.05) is 5.56 Å². The average molecular weight is 431 g/mol. The van der Waals surface area contributed by atoms with E-state index in [9.17, 15) is 14.6 Å². The molecular formula is C28H43FO2. The number of hydrogen-bond donors (Lipinski definition) is 2. The van der Waals surface area contributed by atoms with Gasteiger partial charge in [0.15, 0.2) is 0 Å². The first-order valence-corrected chi connectivity index (χ1v) is 11.7. The number of aromatic hydroxyl groups is 2. The van der Waals surface area contributed by atoms with E-state index in [1.165, 1.54) is 11.1 Å². The fourth-order valence-electron chi connectivity index (χ4n) is 3.88. The lowest BCUT2D eigenvalue weighted by Crippen LogP contribution is -2.01. The summed E-state index contributed by atoms with van der Waals surface area (Å²) >= 11 is 0. The Morgan fingerprint density at radius 3 is 2.03 bits per heavy atom. The van der Waals surface area contributed by atoms with Crippen molar-refractivity contribution < 1.29 is 14.6 Å². The van der Waals surface area contributed by atoms with Gasteiger partial charge in [-0.15, -0.1) is 0 Å².